The van der Waals surface area contributed by atoms with Crippen molar-refractivity contribution in [3.63, 3.8) is 0 Å². The van der Waals surface area contributed by atoms with Crippen LogP contribution < -0.4 is 10.2 Å². The molecule has 1 N–H and O–H groups in total. The lowest BCUT2D eigenvalue weighted by atomic mass is 9.97. The minimum absolute atomic E-state index is 0.0433. The summed E-state index contributed by atoms with van der Waals surface area (Å²) in [5.74, 6) is 0.597. The van der Waals surface area contributed by atoms with Gasteiger partial charge < -0.3 is 19.5 Å². The second-order valence-electron chi connectivity index (χ2n) is 7.65. The number of benzene rings is 2. The monoisotopic (exact) mass is 405 g/mol. The van der Waals surface area contributed by atoms with Crippen molar-refractivity contribution < 1.29 is 14.1 Å². The Kier molecular flexibility index (Phi) is 5.74. The Labute approximate surface area is 176 Å². The minimum Gasteiger partial charge on any atom is -0.469 e. The van der Waals surface area contributed by atoms with Gasteiger partial charge in [0, 0.05) is 31.4 Å². The molecule has 6 nitrogen and oxygen atoms in total. The fraction of sp³-hybridized carbons (Fsp3) is 0.333. The van der Waals surface area contributed by atoms with E-state index in [0.29, 0.717) is 6.54 Å². The Morgan fingerprint density at radius 2 is 1.73 bits per heavy atom. The zero-order valence-electron chi connectivity index (χ0n) is 17.6. The van der Waals surface area contributed by atoms with E-state index in [1.54, 1.807) is 0 Å². The van der Waals surface area contributed by atoms with Crippen LogP contribution in [0.5, 0.6) is 0 Å². The average Bonchev–Trinajstić information content (AvgIpc) is 3.19. The van der Waals surface area contributed by atoms with Crippen LogP contribution in [0.2, 0.25) is 0 Å². The number of ether oxygens (including phenoxy) is 1. The number of nitrogens with one attached hydrogen (secondary N) is 1. The van der Waals surface area contributed by atoms with E-state index in [1.807, 2.05) is 14.0 Å². The smallest absolute Gasteiger partial charge is 0.310 e. The van der Waals surface area contributed by atoms with Crippen molar-refractivity contribution in [3.05, 3.63) is 54.2 Å². The number of carbonyl (C=O) groups is 1. The summed E-state index contributed by atoms with van der Waals surface area (Å²) in [6, 6.07) is 16.8. The summed E-state index contributed by atoms with van der Waals surface area (Å²) < 4.78 is 10.4. The molecule has 1 aromatic heterocycles. The summed E-state index contributed by atoms with van der Waals surface area (Å²) in [4.78, 5) is 14.2. The number of carbonyl (C=O) groups excluding carboxylic acids is 1. The molecule has 1 aliphatic heterocycles. The predicted octanol–water partition coefficient (Wildman–Crippen LogP) is 4.75. The van der Waals surface area contributed by atoms with Crippen molar-refractivity contribution in [1.29, 1.82) is 0 Å². The molecule has 30 heavy (non-hydrogen) atoms. The molecule has 0 aliphatic carbocycles. The van der Waals surface area contributed by atoms with Crippen molar-refractivity contribution in [3.8, 4) is 22.5 Å². The van der Waals surface area contributed by atoms with E-state index in [1.165, 1.54) is 7.11 Å². The molecule has 1 fully saturated rings. The van der Waals surface area contributed by atoms with Crippen molar-refractivity contribution in [2.24, 2.45) is 5.92 Å². The first kappa shape index (κ1) is 20.0. The molecule has 1 saturated heterocycles. The summed E-state index contributed by atoms with van der Waals surface area (Å²) in [5.41, 5.74) is 6.17. The summed E-state index contributed by atoms with van der Waals surface area (Å²) in [5, 5.41) is 7.20. The van der Waals surface area contributed by atoms with Gasteiger partial charge in [-0.2, -0.15) is 0 Å². The number of nitrogens with zero attached hydrogens (tertiary/aromatic N) is 2. The Morgan fingerprint density at radius 1 is 1.10 bits per heavy atom. The van der Waals surface area contributed by atoms with Crippen LogP contribution in [0, 0.1) is 12.8 Å². The molecule has 6 heteroatoms. The normalized spacial score (nSPS) is 16.4. The lowest BCUT2D eigenvalue weighted by Crippen LogP contribution is -2.39. The summed E-state index contributed by atoms with van der Waals surface area (Å²) in [7, 11) is 3.33. The van der Waals surface area contributed by atoms with E-state index in [4.69, 9.17) is 9.26 Å². The quantitative estimate of drug-likeness (QED) is 0.618. The number of hydrogen-bond acceptors (Lipinski definition) is 6. The minimum atomic E-state index is -0.111. The molecule has 4 rings (SSSR count). The maximum atomic E-state index is 11.9. The van der Waals surface area contributed by atoms with Crippen molar-refractivity contribution in [2.45, 2.75) is 19.8 Å². The van der Waals surface area contributed by atoms with Crippen LogP contribution in [0.3, 0.4) is 0 Å². The van der Waals surface area contributed by atoms with E-state index in [2.05, 4.69) is 63.9 Å². The van der Waals surface area contributed by atoms with Gasteiger partial charge in [0.25, 0.3) is 0 Å². The van der Waals surface area contributed by atoms with Gasteiger partial charge in [-0.3, -0.25) is 4.79 Å². The van der Waals surface area contributed by atoms with Crippen molar-refractivity contribution in [1.82, 2.24) is 5.16 Å². The van der Waals surface area contributed by atoms with Gasteiger partial charge in [-0.05, 0) is 43.0 Å². The molecule has 0 radical (unpaired) electrons. The van der Waals surface area contributed by atoms with Gasteiger partial charge in [-0.15, -0.1) is 0 Å². The lowest BCUT2D eigenvalue weighted by molar-refractivity contribution is -0.145. The lowest BCUT2D eigenvalue weighted by Gasteiger charge is -2.33. The molecule has 1 unspecified atom stereocenters. The van der Waals surface area contributed by atoms with Gasteiger partial charge in [0.05, 0.1) is 13.0 Å². The molecule has 0 amide bonds. The van der Waals surface area contributed by atoms with E-state index in [9.17, 15) is 4.79 Å². The van der Waals surface area contributed by atoms with Crippen LogP contribution in [0.1, 0.15) is 18.5 Å². The van der Waals surface area contributed by atoms with Gasteiger partial charge in [-0.1, -0.05) is 41.6 Å². The Morgan fingerprint density at radius 3 is 2.37 bits per heavy atom. The van der Waals surface area contributed by atoms with Crippen molar-refractivity contribution >= 4 is 17.3 Å². The largest absolute Gasteiger partial charge is 0.469 e. The number of aromatic nitrogens is 1. The summed E-state index contributed by atoms with van der Waals surface area (Å²) in [6.45, 7) is 3.60. The standard InChI is InChI=1S/C24H27N3O3/c1-16-22(25-2)23(30-26-16)19-8-6-17(7-9-19)18-10-12-21(13-11-18)27-14-4-5-20(15-27)24(28)29-3/h6-13,20,25H,4-5,14-15H2,1-3H3. The Hall–Kier alpha value is -3.28. The first-order chi connectivity index (χ1) is 14.6. The third kappa shape index (κ3) is 3.90. The maximum Gasteiger partial charge on any atom is 0.310 e. The van der Waals surface area contributed by atoms with Crippen LogP contribution in [0.25, 0.3) is 22.5 Å². The highest BCUT2D eigenvalue weighted by molar-refractivity contribution is 5.77. The second kappa shape index (κ2) is 8.61. The first-order valence-corrected chi connectivity index (χ1v) is 10.3. The fourth-order valence-corrected chi connectivity index (χ4v) is 4.11. The van der Waals surface area contributed by atoms with E-state index >= 15 is 0 Å². The summed E-state index contributed by atoms with van der Waals surface area (Å²) in [6.07, 6.45) is 1.90. The third-order valence-electron chi connectivity index (χ3n) is 5.78. The van der Waals surface area contributed by atoms with Gasteiger partial charge in [-0.25, -0.2) is 0 Å². The number of hydrogen-bond donors (Lipinski definition) is 1. The molecule has 156 valence electrons. The van der Waals surface area contributed by atoms with Crippen LogP contribution in [0.4, 0.5) is 11.4 Å². The average molecular weight is 405 g/mol. The molecule has 3 aromatic rings. The molecule has 2 aromatic carbocycles. The van der Waals surface area contributed by atoms with Crippen LogP contribution in [-0.2, 0) is 9.53 Å². The van der Waals surface area contributed by atoms with E-state index < -0.39 is 0 Å². The van der Waals surface area contributed by atoms with Gasteiger partial charge in [0.1, 0.15) is 11.4 Å². The zero-order chi connectivity index (χ0) is 21.1. The van der Waals surface area contributed by atoms with Gasteiger partial charge >= 0.3 is 5.97 Å². The SMILES string of the molecule is CNc1c(C)noc1-c1ccc(-c2ccc(N3CCCC(C(=O)OC)C3)cc2)cc1. The molecule has 2 heterocycles. The molecular formula is C24H27N3O3. The Bertz CT molecular complexity index is 1010. The number of rotatable bonds is 5. The molecule has 1 aliphatic rings. The number of piperidine rings is 1. The fourth-order valence-electron chi connectivity index (χ4n) is 4.11. The number of aryl methyl sites for hydroxylation is 1. The second-order valence-corrected chi connectivity index (χ2v) is 7.65. The zero-order valence-corrected chi connectivity index (χ0v) is 17.6. The van der Waals surface area contributed by atoms with Crippen LogP contribution in [0.15, 0.2) is 53.1 Å². The molecule has 0 saturated carbocycles. The van der Waals surface area contributed by atoms with Crippen molar-refractivity contribution in [2.75, 3.05) is 37.5 Å². The van der Waals surface area contributed by atoms with Crippen LogP contribution >= 0.6 is 0 Å². The van der Waals surface area contributed by atoms with Gasteiger partial charge in [0.2, 0.25) is 0 Å². The topological polar surface area (TPSA) is 67.6 Å². The van der Waals surface area contributed by atoms with Gasteiger partial charge in [0.15, 0.2) is 5.76 Å². The first-order valence-electron chi connectivity index (χ1n) is 10.3. The van der Waals surface area contributed by atoms with E-state index in [0.717, 1.165) is 58.9 Å². The van der Waals surface area contributed by atoms with Crippen LogP contribution in [-0.4, -0.2) is 38.4 Å². The highest BCUT2D eigenvalue weighted by atomic mass is 16.5. The number of methoxy groups -OCH3 is 1. The molecule has 1 atom stereocenters. The molecular weight excluding hydrogens is 378 g/mol. The highest BCUT2D eigenvalue weighted by Gasteiger charge is 2.26. The Balaban J connectivity index is 1.49. The van der Waals surface area contributed by atoms with E-state index in [-0.39, 0.29) is 11.9 Å². The number of esters is 1. The third-order valence-corrected chi connectivity index (χ3v) is 5.78. The molecule has 0 spiro atoms. The summed E-state index contributed by atoms with van der Waals surface area (Å²) >= 11 is 0. The maximum absolute atomic E-state index is 11.9. The molecule has 0 bridgehead atoms. The predicted molar refractivity (Wildman–Crippen MR) is 119 cm³/mol. The highest BCUT2D eigenvalue weighted by Crippen LogP contribution is 2.32. The number of anilines is 2.